The number of fused-ring (bicyclic) bond motifs is 1. The van der Waals surface area contributed by atoms with E-state index in [0.29, 0.717) is 6.42 Å². The molecule has 0 saturated carbocycles. The zero-order valence-corrected chi connectivity index (χ0v) is 16.6. The second kappa shape index (κ2) is 8.55. The lowest BCUT2D eigenvalue weighted by molar-refractivity contribution is -0.135. The molecule has 27 heavy (non-hydrogen) atoms. The molecule has 2 unspecified atom stereocenters. The van der Waals surface area contributed by atoms with Crippen molar-refractivity contribution in [3.8, 4) is 0 Å². The number of aromatic nitrogens is 2. The summed E-state index contributed by atoms with van der Waals surface area (Å²) in [6.07, 6.45) is 4.61. The van der Waals surface area contributed by atoms with Crippen LogP contribution in [-0.4, -0.2) is 38.9 Å². The molecule has 1 fully saturated rings. The second-order valence-corrected chi connectivity index (χ2v) is 7.52. The average Bonchev–Trinajstić information content (AvgIpc) is 3.01. The van der Waals surface area contributed by atoms with Crippen LogP contribution < -0.4 is 5.32 Å². The van der Waals surface area contributed by atoms with Gasteiger partial charge in [0.15, 0.2) is 0 Å². The van der Waals surface area contributed by atoms with Crippen LogP contribution in [0.5, 0.6) is 0 Å². The van der Waals surface area contributed by atoms with E-state index in [1.807, 2.05) is 47.6 Å². The zero-order valence-electron chi connectivity index (χ0n) is 16.6. The summed E-state index contributed by atoms with van der Waals surface area (Å²) < 4.78 is 1.97. The van der Waals surface area contributed by atoms with Crippen LogP contribution in [-0.2, 0) is 16.1 Å². The lowest BCUT2D eigenvalue weighted by Gasteiger charge is -2.33. The van der Waals surface area contributed by atoms with Gasteiger partial charge in [0.2, 0.25) is 11.8 Å². The van der Waals surface area contributed by atoms with Crippen molar-refractivity contribution in [1.29, 1.82) is 0 Å². The minimum Gasteiger partial charge on any atom is -0.346 e. The van der Waals surface area contributed by atoms with E-state index in [4.69, 9.17) is 4.98 Å². The van der Waals surface area contributed by atoms with E-state index in [1.165, 1.54) is 6.42 Å². The Hall–Kier alpha value is -2.37. The molecular formula is C21H30N4O2. The molecule has 1 aromatic heterocycles. The summed E-state index contributed by atoms with van der Waals surface area (Å²) in [5, 5.41) is 3.01. The summed E-state index contributed by atoms with van der Waals surface area (Å²) in [6.45, 7) is 7.12. The summed E-state index contributed by atoms with van der Waals surface area (Å²) in [7, 11) is 0. The molecule has 2 atom stereocenters. The van der Waals surface area contributed by atoms with Crippen molar-refractivity contribution in [2.75, 3.05) is 6.54 Å². The molecule has 0 radical (unpaired) electrons. The van der Waals surface area contributed by atoms with Crippen LogP contribution in [0.1, 0.15) is 64.7 Å². The Morgan fingerprint density at radius 2 is 2.07 bits per heavy atom. The Kier molecular flexibility index (Phi) is 6.14. The summed E-state index contributed by atoms with van der Waals surface area (Å²) in [5.74, 6) is 0.872. The van der Waals surface area contributed by atoms with E-state index in [1.54, 1.807) is 0 Å². The molecule has 2 amide bonds. The number of hydrogen-bond donors (Lipinski definition) is 1. The van der Waals surface area contributed by atoms with E-state index < -0.39 is 0 Å². The van der Waals surface area contributed by atoms with Crippen LogP contribution in [0.4, 0.5) is 0 Å². The van der Waals surface area contributed by atoms with Crippen molar-refractivity contribution >= 4 is 22.8 Å². The van der Waals surface area contributed by atoms with Crippen molar-refractivity contribution in [1.82, 2.24) is 19.8 Å². The highest BCUT2D eigenvalue weighted by atomic mass is 16.2. The molecule has 6 heteroatoms. The van der Waals surface area contributed by atoms with Gasteiger partial charge in [-0.25, -0.2) is 4.98 Å². The van der Waals surface area contributed by atoms with Gasteiger partial charge >= 0.3 is 0 Å². The first-order valence-corrected chi connectivity index (χ1v) is 10.0. The molecule has 1 saturated heterocycles. The number of hydrogen-bond acceptors (Lipinski definition) is 3. The third-order valence-electron chi connectivity index (χ3n) is 5.34. The molecule has 2 heterocycles. The predicted molar refractivity (Wildman–Crippen MR) is 106 cm³/mol. The Labute approximate surface area is 160 Å². The van der Waals surface area contributed by atoms with E-state index >= 15 is 0 Å². The number of para-hydroxylation sites is 2. The fourth-order valence-electron chi connectivity index (χ4n) is 3.89. The molecule has 2 aromatic rings. The fraction of sp³-hybridized carbons (Fsp3) is 0.571. The van der Waals surface area contributed by atoms with Gasteiger partial charge in [-0.05, 0) is 51.7 Å². The standard InChI is InChI=1S/C21H30N4O2/c1-4-9-19(26)22-16(3)21-23-17-11-5-6-12-18(17)25(21)14-20(27)24-13-8-7-10-15(24)2/h5-6,11-12,15-16H,4,7-10,13-14H2,1-3H3,(H,22,26). The van der Waals surface area contributed by atoms with E-state index in [9.17, 15) is 9.59 Å². The van der Waals surface area contributed by atoms with Gasteiger partial charge in [0.05, 0.1) is 17.1 Å². The van der Waals surface area contributed by atoms with Gasteiger partial charge in [0.25, 0.3) is 0 Å². The maximum Gasteiger partial charge on any atom is 0.242 e. The molecule has 0 bridgehead atoms. The Balaban J connectivity index is 1.88. The number of nitrogens with one attached hydrogen (secondary N) is 1. The maximum absolute atomic E-state index is 13.0. The predicted octanol–water partition coefficient (Wildman–Crippen LogP) is 3.41. The minimum absolute atomic E-state index is 0.0135. The van der Waals surface area contributed by atoms with Crippen LogP contribution >= 0.6 is 0 Å². The Morgan fingerprint density at radius 3 is 2.81 bits per heavy atom. The molecular weight excluding hydrogens is 340 g/mol. The lowest BCUT2D eigenvalue weighted by Crippen LogP contribution is -2.44. The fourth-order valence-corrected chi connectivity index (χ4v) is 3.89. The Bertz CT molecular complexity index is 814. The van der Waals surface area contributed by atoms with Crippen molar-refractivity contribution in [3.63, 3.8) is 0 Å². The number of piperidine rings is 1. The number of benzene rings is 1. The van der Waals surface area contributed by atoms with Gasteiger partial charge in [-0.2, -0.15) is 0 Å². The highest BCUT2D eigenvalue weighted by Crippen LogP contribution is 2.23. The normalized spacial score (nSPS) is 18.5. The van der Waals surface area contributed by atoms with Crippen LogP contribution in [0.15, 0.2) is 24.3 Å². The first kappa shape index (κ1) is 19.4. The number of carbonyl (C=O) groups excluding carboxylic acids is 2. The van der Waals surface area contributed by atoms with Gasteiger partial charge in [-0.3, -0.25) is 9.59 Å². The van der Waals surface area contributed by atoms with Crippen LogP contribution in [0, 0.1) is 0 Å². The summed E-state index contributed by atoms with van der Waals surface area (Å²) in [6, 6.07) is 7.87. The molecule has 1 aliphatic rings. The van der Waals surface area contributed by atoms with Crippen molar-refractivity contribution in [2.45, 2.75) is 71.5 Å². The van der Waals surface area contributed by atoms with Gasteiger partial charge < -0.3 is 14.8 Å². The van der Waals surface area contributed by atoms with E-state index in [2.05, 4.69) is 12.2 Å². The third kappa shape index (κ3) is 4.31. The Morgan fingerprint density at radius 1 is 1.30 bits per heavy atom. The van der Waals surface area contributed by atoms with Gasteiger partial charge in [-0.15, -0.1) is 0 Å². The summed E-state index contributed by atoms with van der Waals surface area (Å²) in [4.78, 5) is 31.8. The molecule has 1 aromatic carbocycles. The van der Waals surface area contributed by atoms with E-state index in [-0.39, 0.29) is 30.4 Å². The number of nitrogens with zero attached hydrogens (tertiary/aromatic N) is 3. The molecule has 3 rings (SSSR count). The van der Waals surface area contributed by atoms with Crippen LogP contribution in [0.2, 0.25) is 0 Å². The molecule has 1 N–H and O–H groups in total. The topological polar surface area (TPSA) is 67.2 Å². The van der Waals surface area contributed by atoms with Crippen LogP contribution in [0.25, 0.3) is 11.0 Å². The van der Waals surface area contributed by atoms with Crippen molar-refractivity contribution in [2.24, 2.45) is 0 Å². The maximum atomic E-state index is 13.0. The van der Waals surface area contributed by atoms with Gasteiger partial charge in [0.1, 0.15) is 12.4 Å². The summed E-state index contributed by atoms with van der Waals surface area (Å²) in [5.41, 5.74) is 1.78. The third-order valence-corrected chi connectivity index (χ3v) is 5.34. The van der Waals surface area contributed by atoms with Crippen molar-refractivity contribution < 1.29 is 9.59 Å². The second-order valence-electron chi connectivity index (χ2n) is 7.52. The van der Waals surface area contributed by atoms with Crippen molar-refractivity contribution in [3.05, 3.63) is 30.1 Å². The lowest BCUT2D eigenvalue weighted by atomic mass is 10.0. The first-order valence-electron chi connectivity index (χ1n) is 10.0. The average molecular weight is 370 g/mol. The molecule has 0 aliphatic carbocycles. The summed E-state index contributed by atoms with van der Waals surface area (Å²) >= 11 is 0. The van der Waals surface area contributed by atoms with E-state index in [0.717, 1.165) is 42.7 Å². The number of likely N-dealkylation sites (tertiary alicyclic amines) is 1. The quantitative estimate of drug-likeness (QED) is 0.847. The monoisotopic (exact) mass is 370 g/mol. The molecule has 146 valence electrons. The molecule has 0 spiro atoms. The zero-order chi connectivity index (χ0) is 19.4. The van der Waals surface area contributed by atoms with Crippen LogP contribution in [0.3, 0.4) is 0 Å². The van der Waals surface area contributed by atoms with Gasteiger partial charge in [0, 0.05) is 19.0 Å². The van der Waals surface area contributed by atoms with Gasteiger partial charge in [-0.1, -0.05) is 19.1 Å². The number of amides is 2. The highest BCUT2D eigenvalue weighted by Gasteiger charge is 2.26. The smallest absolute Gasteiger partial charge is 0.242 e. The molecule has 6 nitrogen and oxygen atoms in total. The first-order chi connectivity index (χ1) is 13.0. The SMILES string of the molecule is CCCC(=O)NC(C)c1nc2ccccc2n1CC(=O)N1CCCCC1C. The largest absolute Gasteiger partial charge is 0.346 e. The number of carbonyl (C=O) groups is 2. The minimum atomic E-state index is -0.247. The molecule has 1 aliphatic heterocycles. The number of rotatable bonds is 6. The number of imidazole rings is 1. The highest BCUT2D eigenvalue weighted by molar-refractivity contribution is 5.82.